The summed E-state index contributed by atoms with van der Waals surface area (Å²) in [4.78, 5) is 18.9. The zero-order chi connectivity index (χ0) is 14.7. The molecule has 1 unspecified atom stereocenters. The number of hydrogen-bond donors (Lipinski definition) is 3. The van der Waals surface area contributed by atoms with E-state index in [1.54, 1.807) is 0 Å². The van der Waals surface area contributed by atoms with Crippen molar-refractivity contribution in [1.29, 1.82) is 0 Å². The van der Waals surface area contributed by atoms with Gasteiger partial charge < -0.3 is 16.0 Å². The van der Waals surface area contributed by atoms with Crippen molar-refractivity contribution in [3.05, 3.63) is 45.2 Å². The monoisotopic (exact) mass is 310 g/mol. The number of hydrogen-bond acceptors (Lipinski definition) is 5. The molecule has 0 radical (unpaired) electrons. The minimum absolute atomic E-state index is 0.173. The highest BCUT2D eigenvalue weighted by molar-refractivity contribution is 7.99. The quantitative estimate of drug-likeness (QED) is 0.755. The third-order valence-electron chi connectivity index (χ3n) is 2.83. The van der Waals surface area contributed by atoms with Crippen LogP contribution < -0.4 is 16.6 Å². The Hall–Kier alpha value is -1.50. The van der Waals surface area contributed by atoms with Gasteiger partial charge in [0.1, 0.15) is 5.82 Å². The fourth-order valence-electron chi connectivity index (χ4n) is 1.69. The normalized spacial score (nSPS) is 12.3. The molecule has 20 heavy (non-hydrogen) atoms. The van der Waals surface area contributed by atoms with Crippen molar-refractivity contribution in [1.82, 2.24) is 15.3 Å². The maximum absolute atomic E-state index is 11.3. The van der Waals surface area contributed by atoms with Crippen LogP contribution in [-0.4, -0.2) is 17.0 Å². The first kappa shape index (κ1) is 14.9. The number of halogens is 1. The molecule has 0 aliphatic rings. The largest absolute Gasteiger partial charge is 0.383 e. The number of rotatable bonds is 4. The number of H-pyrrole nitrogens is 1. The van der Waals surface area contributed by atoms with Crippen LogP contribution in [0.5, 0.6) is 0 Å². The summed E-state index contributed by atoms with van der Waals surface area (Å²) in [7, 11) is 1.88. The van der Waals surface area contributed by atoms with Gasteiger partial charge in [0.05, 0.1) is 0 Å². The van der Waals surface area contributed by atoms with E-state index in [1.807, 2.05) is 32.2 Å². The molecule has 0 amide bonds. The molecule has 0 bridgehead atoms. The van der Waals surface area contributed by atoms with Gasteiger partial charge in [0.2, 0.25) is 0 Å². The van der Waals surface area contributed by atoms with Gasteiger partial charge in [-0.3, -0.25) is 4.79 Å². The van der Waals surface area contributed by atoms with Crippen molar-refractivity contribution in [3.63, 3.8) is 0 Å². The third kappa shape index (κ3) is 3.53. The van der Waals surface area contributed by atoms with E-state index in [1.165, 1.54) is 17.8 Å². The summed E-state index contributed by atoms with van der Waals surface area (Å²) >= 11 is 7.57. The highest BCUT2D eigenvalue weighted by Gasteiger charge is 2.09. The highest BCUT2D eigenvalue weighted by Crippen LogP contribution is 2.30. The second-order valence-electron chi connectivity index (χ2n) is 4.27. The van der Waals surface area contributed by atoms with Crippen molar-refractivity contribution in [2.24, 2.45) is 0 Å². The van der Waals surface area contributed by atoms with Gasteiger partial charge >= 0.3 is 0 Å². The zero-order valence-corrected chi connectivity index (χ0v) is 12.7. The molecule has 106 valence electrons. The second-order valence-corrected chi connectivity index (χ2v) is 5.74. The molecule has 1 aromatic heterocycles. The molecule has 4 N–H and O–H groups in total. The van der Waals surface area contributed by atoms with E-state index in [9.17, 15) is 4.79 Å². The van der Waals surface area contributed by atoms with Crippen molar-refractivity contribution >= 4 is 29.2 Å². The fourth-order valence-corrected chi connectivity index (χ4v) is 2.94. The Bertz CT molecular complexity index is 674. The van der Waals surface area contributed by atoms with Crippen LogP contribution in [0, 0.1) is 0 Å². The number of nitrogens with one attached hydrogen (secondary N) is 2. The summed E-state index contributed by atoms with van der Waals surface area (Å²) in [6.45, 7) is 2.03. The first-order valence-corrected chi connectivity index (χ1v) is 7.20. The van der Waals surface area contributed by atoms with E-state index in [0.717, 1.165) is 10.5 Å². The molecule has 0 saturated carbocycles. The Balaban J connectivity index is 2.26. The van der Waals surface area contributed by atoms with Gasteiger partial charge in [-0.2, -0.15) is 0 Å². The van der Waals surface area contributed by atoms with E-state index >= 15 is 0 Å². The van der Waals surface area contributed by atoms with E-state index in [2.05, 4.69) is 15.3 Å². The molecule has 0 aliphatic carbocycles. The first-order chi connectivity index (χ1) is 9.49. The Labute approximate surface area is 126 Å². The van der Waals surface area contributed by atoms with Crippen LogP contribution in [-0.2, 0) is 0 Å². The van der Waals surface area contributed by atoms with Crippen molar-refractivity contribution in [2.45, 2.75) is 23.0 Å². The van der Waals surface area contributed by atoms with Crippen molar-refractivity contribution in [2.75, 3.05) is 12.8 Å². The lowest BCUT2D eigenvalue weighted by Crippen LogP contribution is -2.12. The zero-order valence-electron chi connectivity index (χ0n) is 11.1. The molecule has 1 atom stereocenters. The molecule has 0 aliphatic heterocycles. The van der Waals surface area contributed by atoms with Gasteiger partial charge in [-0.1, -0.05) is 29.4 Å². The fraction of sp³-hybridized carbons (Fsp3) is 0.231. The smallest absolute Gasteiger partial charge is 0.253 e. The van der Waals surface area contributed by atoms with E-state index < -0.39 is 0 Å². The number of anilines is 1. The molecule has 0 saturated heterocycles. The summed E-state index contributed by atoms with van der Waals surface area (Å²) < 4.78 is 0. The van der Waals surface area contributed by atoms with Gasteiger partial charge in [-0.15, -0.1) is 0 Å². The molecule has 1 aromatic carbocycles. The minimum Gasteiger partial charge on any atom is -0.383 e. The second kappa shape index (κ2) is 6.30. The minimum atomic E-state index is -0.272. The van der Waals surface area contributed by atoms with Gasteiger partial charge in [0.25, 0.3) is 5.56 Å². The number of nitrogens with two attached hydrogens (primary N) is 1. The van der Waals surface area contributed by atoms with Crippen LogP contribution in [0.25, 0.3) is 0 Å². The Kier molecular flexibility index (Phi) is 4.69. The first-order valence-electron chi connectivity index (χ1n) is 6.01. The molecule has 2 aromatic rings. The Morgan fingerprint density at radius 1 is 1.45 bits per heavy atom. The highest BCUT2D eigenvalue weighted by atomic mass is 35.5. The summed E-state index contributed by atoms with van der Waals surface area (Å²) in [5.41, 5.74) is 6.30. The van der Waals surface area contributed by atoms with Crippen LogP contribution in [0.3, 0.4) is 0 Å². The summed E-state index contributed by atoms with van der Waals surface area (Å²) in [5, 5.41) is 4.25. The predicted molar refractivity (Wildman–Crippen MR) is 82.3 cm³/mol. The lowest BCUT2D eigenvalue weighted by Gasteiger charge is -2.13. The number of aromatic amines is 1. The van der Waals surface area contributed by atoms with E-state index in [-0.39, 0.29) is 17.4 Å². The lowest BCUT2D eigenvalue weighted by atomic mass is 10.1. The molecule has 0 spiro atoms. The Morgan fingerprint density at radius 2 is 2.20 bits per heavy atom. The topological polar surface area (TPSA) is 83.8 Å². The number of benzene rings is 1. The molecule has 5 nitrogen and oxygen atoms in total. The molecule has 2 rings (SSSR count). The maximum Gasteiger partial charge on any atom is 0.253 e. The standard InChI is InChI=1S/C13H15ClN4OS/c1-7(16-2)9-4-3-8(5-10(9)14)20-13-17-11(15)6-12(19)18-13/h3-7,16H,1-2H3,(H3,15,17,18,19). The SMILES string of the molecule is CNC(C)c1ccc(Sc2nc(N)cc(=O)[nH]2)cc1Cl. The van der Waals surface area contributed by atoms with Gasteiger partial charge in [-0.25, -0.2) is 4.98 Å². The van der Waals surface area contributed by atoms with E-state index in [0.29, 0.717) is 10.2 Å². The third-order valence-corrected chi connectivity index (χ3v) is 4.03. The number of nitrogens with zero attached hydrogens (tertiary/aromatic N) is 1. The van der Waals surface area contributed by atoms with Crippen LogP contribution >= 0.6 is 23.4 Å². The summed E-state index contributed by atoms with van der Waals surface area (Å²) in [5.74, 6) is 0.197. The summed E-state index contributed by atoms with van der Waals surface area (Å²) in [6.07, 6.45) is 0. The molecule has 7 heteroatoms. The van der Waals surface area contributed by atoms with Crippen molar-refractivity contribution in [3.8, 4) is 0 Å². The van der Waals surface area contributed by atoms with Crippen molar-refractivity contribution < 1.29 is 0 Å². The Morgan fingerprint density at radius 3 is 2.80 bits per heavy atom. The van der Waals surface area contributed by atoms with Gasteiger partial charge in [-0.05, 0) is 31.7 Å². The average molecular weight is 311 g/mol. The van der Waals surface area contributed by atoms with E-state index in [4.69, 9.17) is 17.3 Å². The number of aromatic nitrogens is 2. The molecule has 0 fully saturated rings. The predicted octanol–water partition coefficient (Wildman–Crippen LogP) is 2.44. The van der Waals surface area contributed by atoms with Crippen LogP contribution in [0.15, 0.2) is 39.1 Å². The van der Waals surface area contributed by atoms with Crippen LogP contribution in [0.2, 0.25) is 5.02 Å². The molecular weight excluding hydrogens is 296 g/mol. The van der Waals surface area contributed by atoms with Gasteiger partial charge in [0, 0.05) is 22.0 Å². The molecule has 1 heterocycles. The van der Waals surface area contributed by atoms with Gasteiger partial charge in [0.15, 0.2) is 5.16 Å². The lowest BCUT2D eigenvalue weighted by molar-refractivity contribution is 0.652. The number of nitrogen functional groups attached to an aromatic ring is 1. The average Bonchev–Trinajstić information content (AvgIpc) is 2.36. The summed E-state index contributed by atoms with van der Waals surface area (Å²) in [6, 6.07) is 7.15. The van der Waals surface area contributed by atoms with Crippen LogP contribution in [0.4, 0.5) is 5.82 Å². The molecular formula is C13H15ClN4OS. The van der Waals surface area contributed by atoms with Crippen LogP contribution in [0.1, 0.15) is 18.5 Å². The maximum atomic E-state index is 11.3.